The Morgan fingerprint density at radius 1 is 1.60 bits per heavy atom. The third kappa shape index (κ3) is 1.55. The lowest BCUT2D eigenvalue weighted by molar-refractivity contribution is 0.889. The highest BCUT2D eigenvalue weighted by Crippen LogP contribution is 2.36. The van der Waals surface area contributed by atoms with Crippen LogP contribution in [0, 0.1) is 0 Å². The van der Waals surface area contributed by atoms with Crippen molar-refractivity contribution in [1.29, 1.82) is 0 Å². The fourth-order valence-corrected chi connectivity index (χ4v) is 2.66. The molecule has 56 valence electrons. The zero-order valence-electron chi connectivity index (χ0n) is 5.82. The molecule has 1 rings (SSSR count). The molecule has 1 heterocycles. The van der Waals surface area contributed by atoms with Gasteiger partial charge < -0.3 is 0 Å². The summed E-state index contributed by atoms with van der Waals surface area (Å²) in [4.78, 5) is 1.26. The Kier molecular flexibility index (Phi) is 2.78. The third-order valence-electron chi connectivity index (χ3n) is 1.24. The van der Waals surface area contributed by atoms with Crippen LogP contribution in [0.2, 0.25) is 5.02 Å². The zero-order valence-corrected chi connectivity index (χ0v) is 8.98. The zero-order chi connectivity index (χ0) is 7.72. The van der Waals surface area contributed by atoms with E-state index in [1.54, 1.807) is 11.3 Å². The molecule has 0 amide bonds. The van der Waals surface area contributed by atoms with Crippen LogP contribution in [0.1, 0.15) is 24.6 Å². The van der Waals surface area contributed by atoms with Gasteiger partial charge in [0.25, 0.3) is 0 Å². The monoisotopic (exact) mass is 238 g/mol. The number of thiophene rings is 1. The minimum absolute atomic E-state index is 0.531. The average molecular weight is 240 g/mol. The van der Waals surface area contributed by atoms with Crippen molar-refractivity contribution >= 4 is 38.9 Å². The molecule has 0 aliphatic rings. The maximum absolute atomic E-state index is 5.97. The van der Waals surface area contributed by atoms with E-state index in [1.807, 2.05) is 5.38 Å². The minimum Gasteiger partial charge on any atom is -0.146 e. The predicted molar refractivity (Wildman–Crippen MR) is 51.1 cm³/mol. The van der Waals surface area contributed by atoms with Gasteiger partial charge in [-0.15, -0.1) is 11.3 Å². The van der Waals surface area contributed by atoms with Gasteiger partial charge in [-0.05, 0) is 21.8 Å². The van der Waals surface area contributed by atoms with Crippen molar-refractivity contribution in [3.05, 3.63) is 19.8 Å². The Labute approximate surface area is 78.3 Å². The second-order valence-corrected chi connectivity index (χ2v) is 4.56. The van der Waals surface area contributed by atoms with Crippen LogP contribution in [-0.2, 0) is 0 Å². The van der Waals surface area contributed by atoms with E-state index in [-0.39, 0.29) is 0 Å². The molecule has 0 aliphatic heterocycles. The van der Waals surface area contributed by atoms with Crippen molar-refractivity contribution in [2.45, 2.75) is 19.8 Å². The van der Waals surface area contributed by atoms with Crippen molar-refractivity contribution < 1.29 is 0 Å². The molecule has 0 aromatic carbocycles. The Morgan fingerprint density at radius 3 is 2.40 bits per heavy atom. The second kappa shape index (κ2) is 3.24. The van der Waals surface area contributed by atoms with Crippen LogP contribution in [0.3, 0.4) is 0 Å². The number of halogens is 2. The normalized spacial score (nSPS) is 10.9. The summed E-state index contributed by atoms with van der Waals surface area (Å²) in [5.41, 5.74) is 0. The molecule has 1 aromatic rings. The molecule has 0 saturated heterocycles. The van der Waals surface area contributed by atoms with E-state index in [9.17, 15) is 0 Å². The number of hydrogen-bond acceptors (Lipinski definition) is 1. The highest BCUT2D eigenvalue weighted by atomic mass is 79.9. The fraction of sp³-hybridized carbons (Fsp3) is 0.429. The van der Waals surface area contributed by atoms with Gasteiger partial charge in [0, 0.05) is 14.7 Å². The molecule has 0 saturated carbocycles. The molecule has 10 heavy (non-hydrogen) atoms. The summed E-state index contributed by atoms with van der Waals surface area (Å²) in [7, 11) is 0. The van der Waals surface area contributed by atoms with Crippen LogP contribution in [0.4, 0.5) is 0 Å². The first-order valence-corrected chi connectivity index (χ1v) is 5.10. The molecule has 0 bridgehead atoms. The minimum atomic E-state index is 0.531. The average Bonchev–Trinajstić information content (AvgIpc) is 2.14. The van der Waals surface area contributed by atoms with Gasteiger partial charge in [-0.3, -0.25) is 0 Å². The molecular weight excluding hydrogens is 232 g/mol. The molecule has 0 nitrogen and oxygen atoms in total. The SMILES string of the molecule is CC(C)c1scc(Br)c1Cl. The summed E-state index contributed by atoms with van der Waals surface area (Å²) in [6.07, 6.45) is 0. The molecular formula is C7H8BrClS. The van der Waals surface area contributed by atoms with E-state index < -0.39 is 0 Å². The maximum atomic E-state index is 5.97. The summed E-state index contributed by atoms with van der Waals surface area (Å²) in [5, 5.41) is 2.90. The van der Waals surface area contributed by atoms with Crippen LogP contribution >= 0.6 is 38.9 Å². The van der Waals surface area contributed by atoms with Crippen molar-refractivity contribution in [2.75, 3.05) is 0 Å². The number of rotatable bonds is 1. The van der Waals surface area contributed by atoms with E-state index in [0.717, 1.165) is 9.50 Å². The van der Waals surface area contributed by atoms with Crippen LogP contribution in [0.15, 0.2) is 9.85 Å². The van der Waals surface area contributed by atoms with E-state index >= 15 is 0 Å². The fourth-order valence-electron chi connectivity index (χ4n) is 0.726. The molecule has 3 heteroatoms. The molecule has 0 fully saturated rings. The lowest BCUT2D eigenvalue weighted by atomic mass is 10.2. The van der Waals surface area contributed by atoms with Crippen LogP contribution < -0.4 is 0 Å². The first kappa shape index (κ1) is 8.57. The van der Waals surface area contributed by atoms with E-state index in [4.69, 9.17) is 11.6 Å². The largest absolute Gasteiger partial charge is 0.146 e. The molecule has 0 radical (unpaired) electrons. The van der Waals surface area contributed by atoms with Crippen molar-refractivity contribution in [3.8, 4) is 0 Å². The lowest BCUT2D eigenvalue weighted by Crippen LogP contribution is -1.80. The smallest absolute Gasteiger partial charge is 0.0689 e. The Bertz CT molecular complexity index is 230. The van der Waals surface area contributed by atoms with Gasteiger partial charge in [0.2, 0.25) is 0 Å². The second-order valence-electron chi connectivity index (χ2n) is 2.42. The Balaban J connectivity index is 3.05. The number of hydrogen-bond donors (Lipinski definition) is 0. The Hall–Kier alpha value is 0.470. The molecule has 1 aromatic heterocycles. The third-order valence-corrected chi connectivity index (χ3v) is 4.20. The van der Waals surface area contributed by atoms with Gasteiger partial charge in [-0.1, -0.05) is 25.4 Å². The van der Waals surface area contributed by atoms with Gasteiger partial charge >= 0.3 is 0 Å². The van der Waals surface area contributed by atoms with Crippen LogP contribution in [0.25, 0.3) is 0 Å². The summed E-state index contributed by atoms with van der Waals surface area (Å²) in [6, 6.07) is 0. The van der Waals surface area contributed by atoms with Gasteiger partial charge in [0.05, 0.1) is 5.02 Å². The first-order chi connectivity index (χ1) is 4.63. The molecule has 0 spiro atoms. The van der Waals surface area contributed by atoms with Gasteiger partial charge in [0.15, 0.2) is 0 Å². The Morgan fingerprint density at radius 2 is 2.20 bits per heavy atom. The molecule has 0 N–H and O–H groups in total. The first-order valence-electron chi connectivity index (χ1n) is 3.05. The molecule has 0 atom stereocenters. The summed E-state index contributed by atoms with van der Waals surface area (Å²) >= 11 is 11.0. The predicted octanol–water partition coefficient (Wildman–Crippen LogP) is 4.29. The lowest BCUT2D eigenvalue weighted by Gasteiger charge is -1.99. The van der Waals surface area contributed by atoms with E-state index in [1.165, 1.54) is 4.88 Å². The quantitative estimate of drug-likeness (QED) is 0.686. The van der Waals surface area contributed by atoms with Crippen LogP contribution in [-0.4, -0.2) is 0 Å². The highest BCUT2D eigenvalue weighted by molar-refractivity contribution is 9.10. The van der Waals surface area contributed by atoms with Gasteiger partial charge in [-0.25, -0.2) is 0 Å². The molecule has 0 unspecified atom stereocenters. The van der Waals surface area contributed by atoms with Gasteiger partial charge in [-0.2, -0.15) is 0 Å². The topological polar surface area (TPSA) is 0 Å². The van der Waals surface area contributed by atoms with E-state index in [2.05, 4.69) is 29.8 Å². The summed E-state index contributed by atoms with van der Waals surface area (Å²) < 4.78 is 1.02. The highest BCUT2D eigenvalue weighted by Gasteiger charge is 2.09. The molecule has 0 aliphatic carbocycles. The van der Waals surface area contributed by atoms with Gasteiger partial charge in [0.1, 0.15) is 0 Å². The van der Waals surface area contributed by atoms with Crippen LogP contribution in [0.5, 0.6) is 0 Å². The summed E-state index contributed by atoms with van der Waals surface area (Å²) in [5.74, 6) is 0.531. The standard InChI is InChI=1S/C7H8BrClS/c1-4(2)7-6(9)5(8)3-10-7/h3-4H,1-2H3. The van der Waals surface area contributed by atoms with Crippen molar-refractivity contribution in [3.63, 3.8) is 0 Å². The van der Waals surface area contributed by atoms with Crippen molar-refractivity contribution in [2.24, 2.45) is 0 Å². The van der Waals surface area contributed by atoms with E-state index in [0.29, 0.717) is 5.92 Å². The summed E-state index contributed by atoms with van der Waals surface area (Å²) in [6.45, 7) is 4.29. The van der Waals surface area contributed by atoms with Crippen molar-refractivity contribution in [1.82, 2.24) is 0 Å². The maximum Gasteiger partial charge on any atom is 0.0689 e.